The highest BCUT2D eigenvalue weighted by Crippen LogP contribution is 2.29. The number of nitrogens with one attached hydrogen (secondary N) is 2. The Kier molecular flexibility index (Phi) is 4.01. The van der Waals surface area contributed by atoms with Crippen molar-refractivity contribution in [2.24, 2.45) is 0 Å². The van der Waals surface area contributed by atoms with Crippen molar-refractivity contribution in [2.45, 2.75) is 39.5 Å². The molecule has 3 amide bonds. The maximum absolute atomic E-state index is 12.7. The van der Waals surface area contributed by atoms with E-state index < -0.39 is 22.0 Å². The average Bonchev–Trinajstić information content (AvgIpc) is 2.71. The molecule has 0 saturated carbocycles. The molecule has 2 rings (SSSR count). The first kappa shape index (κ1) is 16.4. The van der Waals surface area contributed by atoms with Crippen LogP contribution in [0.5, 0.6) is 0 Å². The molecule has 1 aliphatic heterocycles. The maximum atomic E-state index is 12.7. The predicted molar refractivity (Wildman–Crippen MR) is 80.7 cm³/mol. The molecule has 0 atom stereocenters. The van der Waals surface area contributed by atoms with E-state index in [1.165, 1.54) is 0 Å². The minimum atomic E-state index is -3.96. The SMILES string of the molecule is Cc1c(C)c(C)c(S(=O)(=O)NN2CC(=O)NC2=O)c(C)c1C. The zero-order valence-electron chi connectivity index (χ0n) is 13.2. The molecule has 1 aromatic rings. The molecule has 8 heteroatoms. The standard InChI is InChI=1S/C14H19N3O4S/c1-7-8(2)10(4)13(11(5)9(7)3)22(20,21)16-17-6-12(18)15-14(17)19/h16H,6H2,1-5H3,(H,15,18,19). The van der Waals surface area contributed by atoms with Gasteiger partial charge in [-0.1, -0.05) is 0 Å². The summed E-state index contributed by atoms with van der Waals surface area (Å²) in [4.78, 5) is 25.0. The largest absolute Gasteiger partial charge is 0.339 e. The number of hydrogen-bond donors (Lipinski definition) is 2. The summed E-state index contributed by atoms with van der Waals surface area (Å²) >= 11 is 0. The minimum Gasteiger partial charge on any atom is -0.275 e. The lowest BCUT2D eigenvalue weighted by Crippen LogP contribution is -2.44. The van der Waals surface area contributed by atoms with Gasteiger partial charge in [0.25, 0.3) is 10.0 Å². The fraction of sp³-hybridized carbons (Fsp3) is 0.429. The van der Waals surface area contributed by atoms with E-state index in [0.717, 1.165) is 21.7 Å². The molecule has 120 valence electrons. The van der Waals surface area contributed by atoms with Gasteiger partial charge >= 0.3 is 6.03 Å². The number of rotatable bonds is 3. The Labute approximate surface area is 129 Å². The zero-order valence-corrected chi connectivity index (χ0v) is 14.0. The smallest absolute Gasteiger partial charge is 0.275 e. The lowest BCUT2D eigenvalue weighted by molar-refractivity contribution is -0.118. The predicted octanol–water partition coefficient (Wildman–Crippen LogP) is 0.974. The van der Waals surface area contributed by atoms with Crippen LogP contribution in [0.4, 0.5) is 4.79 Å². The quantitative estimate of drug-likeness (QED) is 0.810. The normalized spacial score (nSPS) is 15.4. The summed E-state index contributed by atoms with van der Waals surface area (Å²) in [6, 6.07) is -0.774. The number of amides is 3. The summed E-state index contributed by atoms with van der Waals surface area (Å²) < 4.78 is 25.3. The number of imide groups is 1. The Morgan fingerprint density at radius 1 is 0.909 bits per heavy atom. The van der Waals surface area contributed by atoms with Crippen LogP contribution in [0.15, 0.2) is 4.90 Å². The van der Waals surface area contributed by atoms with E-state index in [4.69, 9.17) is 0 Å². The van der Waals surface area contributed by atoms with E-state index >= 15 is 0 Å². The van der Waals surface area contributed by atoms with Crippen LogP contribution in [0, 0.1) is 34.6 Å². The van der Waals surface area contributed by atoms with E-state index in [-0.39, 0.29) is 11.4 Å². The highest BCUT2D eigenvalue weighted by molar-refractivity contribution is 7.89. The van der Waals surface area contributed by atoms with Crippen LogP contribution in [-0.2, 0) is 14.8 Å². The minimum absolute atomic E-state index is 0.153. The third kappa shape index (κ3) is 2.59. The van der Waals surface area contributed by atoms with Crippen LogP contribution in [0.3, 0.4) is 0 Å². The van der Waals surface area contributed by atoms with Gasteiger partial charge in [-0.3, -0.25) is 10.1 Å². The van der Waals surface area contributed by atoms with Crippen LogP contribution in [-0.4, -0.2) is 31.9 Å². The Hall–Kier alpha value is -1.93. The van der Waals surface area contributed by atoms with Crippen LogP contribution >= 0.6 is 0 Å². The number of carbonyl (C=O) groups excluding carboxylic acids is 2. The third-order valence-electron chi connectivity index (χ3n) is 4.22. The third-order valence-corrected chi connectivity index (χ3v) is 5.83. The molecule has 0 radical (unpaired) electrons. The van der Waals surface area contributed by atoms with Crippen LogP contribution < -0.4 is 10.1 Å². The van der Waals surface area contributed by atoms with E-state index in [9.17, 15) is 18.0 Å². The van der Waals surface area contributed by atoms with Gasteiger partial charge in [-0.05, 0) is 62.4 Å². The number of carbonyl (C=O) groups is 2. The molecule has 0 unspecified atom stereocenters. The summed E-state index contributed by atoms with van der Waals surface area (Å²) in [6.07, 6.45) is 0. The van der Waals surface area contributed by atoms with Crippen molar-refractivity contribution in [3.63, 3.8) is 0 Å². The molecule has 1 aliphatic rings. The van der Waals surface area contributed by atoms with Gasteiger partial charge < -0.3 is 0 Å². The van der Waals surface area contributed by atoms with Crippen LogP contribution in [0.2, 0.25) is 0 Å². The lowest BCUT2D eigenvalue weighted by atomic mass is 9.95. The molecular formula is C14H19N3O4S. The second-order valence-electron chi connectivity index (χ2n) is 5.49. The van der Waals surface area contributed by atoms with Gasteiger partial charge in [0.05, 0.1) is 4.90 Å². The summed E-state index contributed by atoms with van der Waals surface area (Å²) in [6.45, 7) is 8.81. The summed E-state index contributed by atoms with van der Waals surface area (Å²) in [7, 11) is -3.96. The van der Waals surface area contributed by atoms with E-state index in [1.54, 1.807) is 13.8 Å². The van der Waals surface area contributed by atoms with Crippen molar-refractivity contribution in [3.05, 3.63) is 27.8 Å². The van der Waals surface area contributed by atoms with E-state index in [2.05, 4.69) is 4.83 Å². The fourth-order valence-electron chi connectivity index (χ4n) is 2.57. The van der Waals surface area contributed by atoms with Gasteiger partial charge in [0.1, 0.15) is 6.54 Å². The molecule has 2 N–H and O–H groups in total. The first-order chi connectivity index (χ1) is 10.1. The topological polar surface area (TPSA) is 95.6 Å². The van der Waals surface area contributed by atoms with E-state index in [1.807, 2.05) is 26.1 Å². The monoisotopic (exact) mass is 325 g/mol. The second kappa shape index (κ2) is 5.36. The van der Waals surface area contributed by atoms with Crippen molar-refractivity contribution in [1.82, 2.24) is 15.2 Å². The number of sulfonamides is 1. The molecular weight excluding hydrogens is 306 g/mol. The molecule has 0 aliphatic carbocycles. The zero-order chi connectivity index (χ0) is 16.8. The fourth-order valence-corrected chi connectivity index (χ4v) is 4.22. The lowest BCUT2D eigenvalue weighted by Gasteiger charge is -2.21. The average molecular weight is 325 g/mol. The Bertz CT molecular complexity index is 755. The molecule has 22 heavy (non-hydrogen) atoms. The van der Waals surface area contributed by atoms with Crippen LogP contribution in [0.25, 0.3) is 0 Å². The molecule has 0 bridgehead atoms. The van der Waals surface area contributed by atoms with E-state index in [0.29, 0.717) is 11.1 Å². The number of nitrogens with zero attached hydrogens (tertiary/aromatic N) is 1. The van der Waals surface area contributed by atoms with Crippen molar-refractivity contribution in [3.8, 4) is 0 Å². The molecule has 1 fully saturated rings. The Balaban J connectivity index is 2.51. The Morgan fingerprint density at radius 3 is 1.77 bits per heavy atom. The van der Waals surface area contributed by atoms with Gasteiger partial charge in [0.2, 0.25) is 5.91 Å². The summed E-state index contributed by atoms with van der Waals surface area (Å²) in [5, 5.41) is 2.79. The highest BCUT2D eigenvalue weighted by atomic mass is 32.2. The molecule has 1 aromatic carbocycles. The molecule has 0 spiro atoms. The number of hydrogen-bond acceptors (Lipinski definition) is 4. The summed E-state index contributed by atoms with van der Waals surface area (Å²) in [5.74, 6) is -0.544. The van der Waals surface area contributed by atoms with Crippen molar-refractivity contribution >= 4 is 22.0 Å². The van der Waals surface area contributed by atoms with Gasteiger partial charge in [-0.25, -0.2) is 18.2 Å². The van der Waals surface area contributed by atoms with Crippen molar-refractivity contribution in [1.29, 1.82) is 0 Å². The molecule has 0 aromatic heterocycles. The molecule has 1 heterocycles. The first-order valence-corrected chi connectivity index (χ1v) is 8.25. The maximum Gasteiger partial charge on any atom is 0.339 e. The van der Waals surface area contributed by atoms with Gasteiger partial charge in [-0.15, -0.1) is 4.83 Å². The van der Waals surface area contributed by atoms with Crippen molar-refractivity contribution in [2.75, 3.05) is 6.54 Å². The van der Waals surface area contributed by atoms with Crippen molar-refractivity contribution < 1.29 is 18.0 Å². The number of hydrazine groups is 1. The second-order valence-corrected chi connectivity index (χ2v) is 7.09. The summed E-state index contributed by atoms with van der Waals surface area (Å²) in [5.41, 5.74) is 4.11. The number of urea groups is 1. The molecule has 1 saturated heterocycles. The first-order valence-electron chi connectivity index (χ1n) is 6.77. The van der Waals surface area contributed by atoms with Gasteiger partial charge in [0.15, 0.2) is 0 Å². The van der Waals surface area contributed by atoms with Crippen LogP contribution in [0.1, 0.15) is 27.8 Å². The Morgan fingerprint density at radius 2 is 1.36 bits per heavy atom. The van der Waals surface area contributed by atoms with Gasteiger partial charge in [0, 0.05) is 0 Å². The molecule has 7 nitrogen and oxygen atoms in total. The highest BCUT2D eigenvalue weighted by Gasteiger charge is 2.32. The number of benzene rings is 1. The van der Waals surface area contributed by atoms with Gasteiger partial charge in [-0.2, -0.15) is 0 Å².